The highest BCUT2D eigenvalue weighted by Crippen LogP contribution is 2.47. The Balaban J connectivity index is 2.26. The van der Waals surface area contributed by atoms with Crippen molar-refractivity contribution in [2.75, 3.05) is 0 Å². The number of fused-ring (bicyclic) bond motifs is 3. The van der Waals surface area contributed by atoms with Gasteiger partial charge in [0, 0.05) is 27.5 Å². The molecule has 1 heterocycles. The molecule has 0 radical (unpaired) electrons. The molecule has 4 heteroatoms. The molecule has 0 aliphatic rings. The van der Waals surface area contributed by atoms with E-state index >= 15 is 0 Å². The van der Waals surface area contributed by atoms with Crippen LogP contribution in [0.5, 0.6) is 5.75 Å². The van der Waals surface area contributed by atoms with Gasteiger partial charge in [-0.1, -0.05) is 149 Å². The van der Waals surface area contributed by atoms with E-state index in [0.717, 1.165) is 33.3 Å². The van der Waals surface area contributed by atoms with Crippen molar-refractivity contribution < 1.29 is 12.9 Å². The van der Waals surface area contributed by atoms with Crippen molar-refractivity contribution in [3.05, 3.63) is 75.8 Å². The molecule has 4 rings (SSSR count). The Morgan fingerprint density at radius 3 is 1.09 bits per heavy atom. The normalized spacial score (nSPS) is 13.9. The molecule has 0 atom stereocenters. The van der Waals surface area contributed by atoms with Crippen LogP contribution in [-0.2, 0) is 32.5 Å². The third kappa shape index (κ3) is 7.57. The summed E-state index contributed by atoms with van der Waals surface area (Å²) in [5, 5.41) is 2.16. The second kappa shape index (κ2) is 11.5. The maximum atomic E-state index is 7.05. The average Bonchev–Trinajstić information content (AvgIpc) is 3.00. The van der Waals surface area contributed by atoms with Crippen LogP contribution in [0, 0.1) is 0 Å². The molecule has 0 spiro atoms. The molecule has 4 aromatic rings. The van der Waals surface area contributed by atoms with E-state index in [1.54, 1.807) is 0 Å². The molecule has 0 amide bonds. The van der Waals surface area contributed by atoms with E-state index in [4.69, 9.17) is 12.9 Å². The first kappa shape index (κ1) is 36.2. The Labute approximate surface area is 281 Å². The van der Waals surface area contributed by atoms with Gasteiger partial charge in [-0.3, -0.25) is 0 Å². The first-order valence-electron chi connectivity index (χ1n) is 17.0. The van der Waals surface area contributed by atoms with Gasteiger partial charge in [0.05, 0.1) is 0 Å². The maximum absolute atomic E-state index is 7.05. The summed E-state index contributed by atoms with van der Waals surface area (Å²) in [4.78, 5) is 0. The van der Waals surface area contributed by atoms with Crippen LogP contribution in [-0.4, -0.2) is 0 Å². The molecule has 0 saturated heterocycles. The standard InChI is InChI=1S/C42H61O3P/c1-37(2,3)26-19-20-34(31(23-26)40(10,11)12)43-46-44-35-29(21-27(38(4,5)6)24-32(35)41(13,14)15)30-22-28(39(7,8)9)25-33(36(30)45-46)42(16,17)18/h19-25H,1-18H3. The number of benzene rings is 3. The Hall–Kier alpha value is -2.64. The van der Waals surface area contributed by atoms with Crippen LogP contribution in [0.4, 0.5) is 0 Å². The quantitative estimate of drug-likeness (QED) is 0.218. The first-order chi connectivity index (χ1) is 20.6. The lowest BCUT2D eigenvalue weighted by Crippen LogP contribution is -2.17. The SMILES string of the molecule is CC(C)(C)c1ccc(Op2oc3c(C(C)(C)C)cc(C(C)(C)C)cc3c3cc(C(C)(C)C)cc(C(C)(C)C)c3o2)c(C(C)(C)C)c1. The van der Waals surface area contributed by atoms with Crippen LogP contribution in [0.25, 0.3) is 21.9 Å². The van der Waals surface area contributed by atoms with Gasteiger partial charge in [0.2, 0.25) is 0 Å². The first-order valence-corrected chi connectivity index (χ1v) is 18.1. The lowest BCUT2D eigenvalue weighted by Gasteiger charge is -2.27. The van der Waals surface area contributed by atoms with Crippen molar-refractivity contribution in [1.29, 1.82) is 0 Å². The van der Waals surface area contributed by atoms with Crippen molar-refractivity contribution in [1.82, 2.24) is 0 Å². The van der Waals surface area contributed by atoms with E-state index in [2.05, 4.69) is 167 Å². The highest BCUT2D eigenvalue weighted by Gasteiger charge is 2.30. The van der Waals surface area contributed by atoms with E-state index < -0.39 is 8.24 Å². The minimum Gasteiger partial charge on any atom is -0.390 e. The fraction of sp³-hybridized carbons (Fsp3) is 0.571. The maximum Gasteiger partial charge on any atom is 0.453 e. The monoisotopic (exact) mass is 644 g/mol. The van der Waals surface area contributed by atoms with E-state index in [1.165, 1.54) is 27.8 Å². The predicted molar refractivity (Wildman–Crippen MR) is 201 cm³/mol. The summed E-state index contributed by atoms with van der Waals surface area (Å²) in [5.41, 5.74) is 8.51. The van der Waals surface area contributed by atoms with Crippen LogP contribution < -0.4 is 4.52 Å². The van der Waals surface area contributed by atoms with Crippen LogP contribution in [0.2, 0.25) is 0 Å². The van der Waals surface area contributed by atoms with E-state index in [-0.39, 0.29) is 32.5 Å². The van der Waals surface area contributed by atoms with Gasteiger partial charge in [0.25, 0.3) is 0 Å². The molecule has 0 fully saturated rings. The summed E-state index contributed by atoms with van der Waals surface area (Å²) < 4.78 is 21.0. The molecule has 0 N–H and O–H groups in total. The predicted octanol–water partition coefficient (Wildman–Crippen LogP) is 13.9. The smallest absolute Gasteiger partial charge is 0.390 e. The van der Waals surface area contributed by atoms with Gasteiger partial charge in [-0.15, -0.1) is 0 Å². The minimum absolute atomic E-state index is 0.0236. The largest absolute Gasteiger partial charge is 0.453 e. The van der Waals surface area contributed by atoms with Gasteiger partial charge in [0.15, 0.2) is 0 Å². The van der Waals surface area contributed by atoms with Crippen molar-refractivity contribution in [3.63, 3.8) is 0 Å². The Bertz CT molecular complexity index is 1700. The zero-order chi connectivity index (χ0) is 35.0. The molecule has 0 bridgehead atoms. The second-order valence-electron chi connectivity index (χ2n) is 19.5. The van der Waals surface area contributed by atoms with Gasteiger partial charge in [0.1, 0.15) is 16.9 Å². The molecular weight excluding hydrogens is 583 g/mol. The molecule has 252 valence electrons. The van der Waals surface area contributed by atoms with Crippen LogP contribution >= 0.6 is 8.24 Å². The van der Waals surface area contributed by atoms with Crippen LogP contribution in [0.1, 0.15) is 158 Å². The molecule has 0 aliphatic heterocycles. The van der Waals surface area contributed by atoms with Crippen molar-refractivity contribution in [3.8, 4) is 5.75 Å². The number of hydrogen-bond acceptors (Lipinski definition) is 3. The van der Waals surface area contributed by atoms with Gasteiger partial charge >= 0.3 is 8.24 Å². The molecular formula is C42H61O3P. The van der Waals surface area contributed by atoms with Crippen molar-refractivity contribution in [2.45, 2.75) is 157 Å². The summed E-state index contributed by atoms with van der Waals surface area (Å²) in [6, 6.07) is 16.0. The zero-order valence-electron chi connectivity index (χ0n) is 32.2. The number of rotatable bonds is 2. The van der Waals surface area contributed by atoms with Crippen molar-refractivity contribution in [2.24, 2.45) is 0 Å². The van der Waals surface area contributed by atoms with Gasteiger partial charge in [-0.25, -0.2) is 0 Å². The average molecular weight is 645 g/mol. The summed E-state index contributed by atoms with van der Waals surface area (Å²) in [6.07, 6.45) is 0. The van der Waals surface area contributed by atoms with Crippen LogP contribution in [0.15, 0.2) is 50.9 Å². The summed E-state index contributed by atoms with van der Waals surface area (Å²) in [7, 11) is -1.85. The van der Waals surface area contributed by atoms with E-state index in [9.17, 15) is 0 Å². The summed E-state index contributed by atoms with van der Waals surface area (Å²) >= 11 is 0. The summed E-state index contributed by atoms with van der Waals surface area (Å²) in [6.45, 7) is 40.8. The third-order valence-electron chi connectivity index (χ3n) is 8.97. The van der Waals surface area contributed by atoms with Gasteiger partial charge in [-0.2, -0.15) is 0 Å². The molecule has 0 unspecified atom stereocenters. The fourth-order valence-corrected chi connectivity index (χ4v) is 6.91. The van der Waals surface area contributed by atoms with E-state index in [0.29, 0.717) is 0 Å². The topological polar surface area (TPSA) is 35.5 Å². The molecule has 1 aromatic heterocycles. The molecule has 0 aliphatic carbocycles. The second-order valence-corrected chi connectivity index (χ2v) is 20.5. The molecule has 3 aromatic carbocycles. The lowest BCUT2D eigenvalue weighted by atomic mass is 9.77. The molecule has 3 nitrogen and oxygen atoms in total. The lowest BCUT2D eigenvalue weighted by molar-refractivity contribution is 0.470. The van der Waals surface area contributed by atoms with Gasteiger partial charge in [-0.05, 0) is 67.4 Å². The third-order valence-corrected chi connectivity index (χ3v) is 9.98. The molecule has 0 saturated carbocycles. The Morgan fingerprint density at radius 1 is 0.413 bits per heavy atom. The summed E-state index contributed by atoms with van der Waals surface area (Å²) in [5.74, 6) is 0.809. The zero-order valence-corrected chi connectivity index (χ0v) is 33.1. The van der Waals surface area contributed by atoms with Gasteiger partial charge < -0.3 is 12.9 Å². The highest BCUT2D eigenvalue weighted by molar-refractivity contribution is 7.32. The Kier molecular flexibility index (Phi) is 9.05. The highest BCUT2D eigenvalue weighted by atomic mass is 31.1. The molecule has 46 heavy (non-hydrogen) atoms. The fourth-order valence-electron chi connectivity index (χ4n) is 5.78. The minimum atomic E-state index is -1.85. The van der Waals surface area contributed by atoms with E-state index in [1.807, 2.05) is 0 Å². The Morgan fingerprint density at radius 2 is 0.761 bits per heavy atom. The van der Waals surface area contributed by atoms with Crippen molar-refractivity contribution >= 4 is 30.2 Å². The van der Waals surface area contributed by atoms with Crippen LogP contribution in [0.3, 0.4) is 0 Å². The number of hydrogen-bond donors (Lipinski definition) is 0.